The average Bonchev–Trinajstić information content (AvgIpc) is 2.79. The molecule has 1 atom stereocenters. The van der Waals surface area contributed by atoms with Crippen molar-refractivity contribution < 1.29 is 4.79 Å². The smallest absolute Gasteiger partial charge is 0.276 e. The van der Waals surface area contributed by atoms with Gasteiger partial charge in [0.05, 0.1) is 11.4 Å². The van der Waals surface area contributed by atoms with E-state index in [0.717, 1.165) is 44.5 Å². The van der Waals surface area contributed by atoms with Crippen molar-refractivity contribution in [3.05, 3.63) is 11.4 Å². The molecule has 3 N–H and O–H groups in total. The van der Waals surface area contributed by atoms with Crippen molar-refractivity contribution in [2.75, 3.05) is 32.9 Å². The first-order valence-electron chi connectivity index (χ1n) is 7.33. The molecule has 1 saturated heterocycles. The number of rotatable bonds is 4. The van der Waals surface area contributed by atoms with Crippen LogP contribution in [0.2, 0.25) is 0 Å². The van der Waals surface area contributed by atoms with Crippen molar-refractivity contribution in [1.82, 2.24) is 20.0 Å². The van der Waals surface area contributed by atoms with Crippen LogP contribution >= 0.6 is 0 Å². The van der Waals surface area contributed by atoms with Gasteiger partial charge in [-0.3, -0.25) is 9.89 Å². The van der Waals surface area contributed by atoms with Gasteiger partial charge in [-0.1, -0.05) is 13.3 Å². The third kappa shape index (κ3) is 2.95. The lowest BCUT2D eigenvalue weighted by Crippen LogP contribution is -2.47. The standard InChI is InChI=1S/C14H25N5O/c1-4-6-11-12(15)13(17-16-11)14(20)19(3)10-7-5-8-18(2)9-10/h10H,4-9,15H2,1-3H3,(H,16,17). The Morgan fingerprint density at radius 2 is 2.35 bits per heavy atom. The van der Waals surface area contributed by atoms with Gasteiger partial charge in [0.15, 0.2) is 5.69 Å². The Kier molecular flexibility index (Phi) is 4.65. The fourth-order valence-electron chi connectivity index (χ4n) is 2.78. The van der Waals surface area contributed by atoms with Crippen LogP contribution < -0.4 is 5.73 Å². The van der Waals surface area contributed by atoms with Gasteiger partial charge < -0.3 is 15.5 Å². The van der Waals surface area contributed by atoms with Crippen LogP contribution in [0.5, 0.6) is 0 Å². The number of amides is 1. The van der Waals surface area contributed by atoms with Crippen LogP contribution in [-0.4, -0.2) is 59.1 Å². The largest absolute Gasteiger partial charge is 0.395 e. The molecule has 6 heteroatoms. The number of H-pyrrole nitrogens is 1. The molecule has 0 radical (unpaired) electrons. The lowest BCUT2D eigenvalue weighted by atomic mass is 10.0. The Balaban J connectivity index is 2.10. The highest BCUT2D eigenvalue weighted by Gasteiger charge is 2.28. The highest BCUT2D eigenvalue weighted by molar-refractivity contribution is 5.97. The summed E-state index contributed by atoms with van der Waals surface area (Å²) in [5.74, 6) is -0.0820. The molecule has 1 amide bonds. The Morgan fingerprint density at radius 3 is 3.00 bits per heavy atom. The summed E-state index contributed by atoms with van der Waals surface area (Å²) in [6.07, 6.45) is 3.96. The van der Waals surface area contributed by atoms with Crippen LogP contribution in [0, 0.1) is 0 Å². The predicted molar refractivity (Wildman–Crippen MR) is 79.6 cm³/mol. The molecule has 1 aliphatic rings. The van der Waals surface area contributed by atoms with Crippen molar-refractivity contribution in [3.8, 4) is 0 Å². The zero-order valence-electron chi connectivity index (χ0n) is 12.6. The van der Waals surface area contributed by atoms with Crippen LogP contribution in [0.1, 0.15) is 42.4 Å². The van der Waals surface area contributed by atoms with E-state index in [0.29, 0.717) is 11.4 Å². The summed E-state index contributed by atoms with van der Waals surface area (Å²) < 4.78 is 0. The van der Waals surface area contributed by atoms with Crippen molar-refractivity contribution in [3.63, 3.8) is 0 Å². The minimum absolute atomic E-state index is 0.0820. The van der Waals surface area contributed by atoms with E-state index >= 15 is 0 Å². The maximum absolute atomic E-state index is 12.5. The number of carbonyl (C=O) groups is 1. The van der Waals surface area contributed by atoms with E-state index in [9.17, 15) is 4.79 Å². The molecule has 1 aliphatic heterocycles. The minimum atomic E-state index is -0.0820. The number of hydrogen-bond acceptors (Lipinski definition) is 4. The number of hydrogen-bond donors (Lipinski definition) is 2. The van der Waals surface area contributed by atoms with E-state index in [4.69, 9.17) is 5.73 Å². The maximum Gasteiger partial charge on any atom is 0.276 e. The maximum atomic E-state index is 12.5. The number of carbonyl (C=O) groups excluding carboxylic acids is 1. The number of piperidine rings is 1. The summed E-state index contributed by atoms with van der Waals surface area (Å²) in [5.41, 5.74) is 7.77. The topological polar surface area (TPSA) is 78.2 Å². The molecule has 2 rings (SSSR count). The van der Waals surface area contributed by atoms with Gasteiger partial charge in [0.2, 0.25) is 0 Å². The molecule has 0 bridgehead atoms. The van der Waals surface area contributed by atoms with Gasteiger partial charge in [-0.05, 0) is 32.9 Å². The van der Waals surface area contributed by atoms with E-state index in [2.05, 4.69) is 29.1 Å². The lowest BCUT2D eigenvalue weighted by molar-refractivity contribution is 0.0639. The van der Waals surface area contributed by atoms with E-state index in [1.165, 1.54) is 0 Å². The molecule has 1 unspecified atom stereocenters. The Hall–Kier alpha value is -1.56. The number of nitrogen functional groups attached to an aromatic ring is 1. The molecular weight excluding hydrogens is 254 g/mol. The van der Waals surface area contributed by atoms with Crippen LogP contribution in [0.25, 0.3) is 0 Å². The first-order valence-corrected chi connectivity index (χ1v) is 7.33. The van der Waals surface area contributed by atoms with Gasteiger partial charge in [-0.15, -0.1) is 0 Å². The van der Waals surface area contributed by atoms with E-state index in [-0.39, 0.29) is 11.9 Å². The van der Waals surface area contributed by atoms with Gasteiger partial charge >= 0.3 is 0 Å². The number of anilines is 1. The van der Waals surface area contributed by atoms with Gasteiger partial charge in [-0.25, -0.2) is 0 Å². The molecule has 0 spiro atoms. The first-order chi connectivity index (χ1) is 9.54. The molecule has 1 aromatic rings. The summed E-state index contributed by atoms with van der Waals surface area (Å²) in [5, 5.41) is 7.00. The second kappa shape index (κ2) is 6.26. The van der Waals surface area contributed by atoms with Crippen LogP contribution in [-0.2, 0) is 6.42 Å². The number of likely N-dealkylation sites (N-methyl/N-ethyl adjacent to an activating group) is 2. The molecule has 1 aromatic heterocycles. The van der Waals surface area contributed by atoms with Gasteiger partial charge in [0.1, 0.15) is 0 Å². The Bertz CT molecular complexity index is 470. The van der Waals surface area contributed by atoms with Crippen LogP contribution in [0.15, 0.2) is 0 Å². The molecule has 2 heterocycles. The summed E-state index contributed by atoms with van der Waals surface area (Å²) in [6.45, 7) is 4.09. The van der Waals surface area contributed by atoms with Crippen molar-refractivity contribution in [2.45, 2.75) is 38.6 Å². The molecular formula is C14H25N5O. The Morgan fingerprint density at radius 1 is 1.60 bits per heavy atom. The highest BCUT2D eigenvalue weighted by atomic mass is 16.2. The first kappa shape index (κ1) is 14.8. The van der Waals surface area contributed by atoms with E-state index < -0.39 is 0 Å². The zero-order valence-corrected chi connectivity index (χ0v) is 12.6. The molecule has 1 fully saturated rings. The normalized spacial score (nSPS) is 20.1. The number of likely N-dealkylation sites (tertiary alicyclic amines) is 1. The number of aryl methyl sites for hydroxylation is 1. The fraction of sp³-hybridized carbons (Fsp3) is 0.714. The second-order valence-electron chi connectivity index (χ2n) is 5.69. The molecule has 0 aromatic carbocycles. The van der Waals surface area contributed by atoms with Crippen molar-refractivity contribution in [1.29, 1.82) is 0 Å². The van der Waals surface area contributed by atoms with Crippen molar-refractivity contribution in [2.24, 2.45) is 0 Å². The quantitative estimate of drug-likeness (QED) is 0.865. The lowest BCUT2D eigenvalue weighted by Gasteiger charge is -2.35. The monoisotopic (exact) mass is 279 g/mol. The molecule has 6 nitrogen and oxygen atoms in total. The Labute approximate surface area is 120 Å². The summed E-state index contributed by atoms with van der Waals surface area (Å²) in [4.78, 5) is 16.6. The number of nitrogens with zero attached hydrogens (tertiary/aromatic N) is 3. The third-order valence-electron chi connectivity index (χ3n) is 4.05. The number of nitrogens with one attached hydrogen (secondary N) is 1. The predicted octanol–water partition coefficient (Wildman–Crippen LogP) is 1.11. The van der Waals surface area contributed by atoms with Crippen LogP contribution in [0.4, 0.5) is 5.69 Å². The molecule has 112 valence electrons. The van der Waals surface area contributed by atoms with Gasteiger partial charge in [-0.2, -0.15) is 5.10 Å². The highest BCUT2D eigenvalue weighted by Crippen LogP contribution is 2.20. The van der Waals surface area contributed by atoms with Crippen molar-refractivity contribution >= 4 is 11.6 Å². The third-order valence-corrected chi connectivity index (χ3v) is 4.05. The van der Waals surface area contributed by atoms with E-state index in [1.54, 1.807) is 4.90 Å². The molecule has 0 aliphatic carbocycles. The number of aromatic amines is 1. The van der Waals surface area contributed by atoms with Crippen LogP contribution in [0.3, 0.4) is 0 Å². The molecule has 0 saturated carbocycles. The summed E-state index contributed by atoms with van der Waals surface area (Å²) >= 11 is 0. The number of nitrogens with two attached hydrogens (primary N) is 1. The van der Waals surface area contributed by atoms with Gasteiger partial charge in [0.25, 0.3) is 5.91 Å². The van der Waals surface area contributed by atoms with E-state index in [1.807, 2.05) is 7.05 Å². The SMILES string of the molecule is CCCc1[nH]nc(C(=O)N(C)C2CCCN(C)C2)c1N. The second-order valence-corrected chi connectivity index (χ2v) is 5.69. The minimum Gasteiger partial charge on any atom is -0.395 e. The number of aromatic nitrogens is 2. The zero-order chi connectivity index (χ0) is 14.7. The van der Waals surface area contributed by atoms with Gasteiger partial charge in [0, 0.05) is 19.6 Å². The fourth-order valence-corrected chi connectivity index (χ4v) is 2.78. The average molecular weight is 279 g/mol. The molecule has 20 heavy (non-hydrogen) atoms. The summed E-state index contributed by atoms with van der Waals surface area (Å²) in [6, 6.07) is 0.243. The summed E-state index contributed by atoms with van der Waals surface area (Å²) in [7, 11) is 3.94.